The first-order chi connectivity index (χ1) is 8.97. The molecule has 0 N–H and O–H groups in total. The highest BCUT2D eigenvalue weighted by Crippen LogP contribution is 2.40. The second-order valence-corrected chi connectivity index (χ2v) is 12.2. The van der Waals surface area contributed by atoms with E-state index >= 15 is 0 Å². The van der Waals surface area contributed by atoms with Gasteiger partial charge in [0.2, 0.25) is 10.5 Å². The Bertz CT molecular complexity index is 427. The minimum Gasteiger partial charge on any atom is -0.410 e. The summed E-state index contributed by atoms with van der Waals surface area (Å²) in [6.07, 6.45) is 3.64. The fourth-order valence-electron chi connectivity index (χ4n) is 2.01. The minimum absolute atomic E-state index is 0.0126. The zero-order chi connectivity index (χ0) is 15.7. The van der Waals surface area contributed by atoms with Crippen molar-refractivity contribution in [2.75, 3.05) is 0 Å². The molecule has 20 heavy (non-hydrogen) atoms. The maximum absolute atomic E-state index is 11.7. The Balaban J connectivity index is 3.03. The summed E-state index contributed by atoms with van der Waals surface area (Å²) in [6, 6.07) is 0. The van der Waals surface area contributed by atoms with Crippen LogP contribution in [0.5, 0.6) is 0 Å². The van der Waals surface area contributed by atoms with Crippen molar-refractivity contribution in [3.8, 4) is 0 Å². The lowest BCUT2D eigenvalue weighted by Crippen LogP contribution is -2.48. The topological polar surface area (TPSA) is 43.4 Å². The van der Waals surface area contributed by atoms with E-state index in [4.69, 9.17) is 27.6 Å². The molecule has 0 aromatic rings. The van der Waals surface area contributed by atoms with E-state index in [0.717, 1.165) is 0 Å². The number of carbonyl (C=O) groups is 2. The maximum Gasteiger partial charge on any atom is 0.228 e. The zero-order valence-electron chi connectivity index (χ0n) is 12.6. The van der Waals surface area contributed by atoms with Gasteiger partial charge in [0.15, 0.2) is 8.32 Å². The summed E-state index contributed by atoms with van der Waals surface area (Å²) in [5.74, 6) is -1.29. The van der Waals surface area contributed by atoms with Crippen LogP contribution >= 0.6 is 23.2 Å². The molecule has 0 fully saturated rings. The van der Waals surface area contributed by atoms with E-state index in [1.54, 1.807) is 0 Å². The van der Waals surface area contributed by atoms with Crippen molar-refractivity contribution in [2.45, 2.75) is 51.4 Å². The molecular weight excluding hydrogens is 315 g/mol. The van der Waals surface area contributed by atoms with Gasteiger partial charge in [-0.25, -0.2) is 0 Å². The number of hydrogen-bond acceptors (Lipinski definition) is 3. The summed E-state index contributed by atoms with van der Waals surface area (Å²) >= 11 is 11.3. The summed E-state index contributed by atoms with van der Waals surface area (Å²) in [5.41, 5.74) is 0. The van der Waals surface area contributed by atoms with Crippen molar-refractivity contribution < 1.29 is 14.0 Å². The Morgan fingerprint density at radius 1 is 1.20 bits per heavy atom. The Labute approximate surface area is 131 Å². The van der Waals surface area contributed by atoms with Gasteiger partial charge < -0.3 is 4.43 Å². The van der Waals surface area contributed by atoms with Crippen LogP contribution in [0.15, 0.2) is 12.2 Å². The quantitative estimate of drug-likeness (QED) is 0.441. The van der Waals surface area contributed by atoms with Crippen molar-refractivity contribution >= 4 is 42.0 Å². The molecular formula is C14H22Cl2O3Si. The molecule has 6 heteroatoms. The van der Waals surface area contributed by atoms with Crippen molar-refractivity contribution in [1.29, 1.82) is 0 Å². The molecule has 0 aliphatic heterocycles. The lowest BCUT2D eigenvalue weighted by Gasteiger charge is -2.42. The van der Waals surface area contributed by atoms with E-state index in [0.29, 0.717) is 6.42 Å². The molecule has 3 atom stereocenters. The average Bonchev–Trinajstić information content (AvgIpc) is 2.25. The third-order valence-electron chi connectivity index (χ3n) is 4.29. The molecule has 0 spiro atoms. The summed E-state index contributed by atoms with van der Waals surface area (Å²) in [6.45, 7) is 10.6. The molecule has 1 aliphatic rings. The van der Waals surface area contributed by atoms with Gasteiger partial charge in [0, 0.05) is 0 Å². The van der Waals surface area contributed by atoms with Gasteiger partial charge in [-0.3, -0.25) is 9.59 Å². The Hall–Kier alpha value is -0.163. The van der Waals surface area contributed by atoms with Gasteiger partial charge in [0.25, 0.3) is 0 Å². The maximum atomic E-state index is 11.7. The number of rotatable bonds is 4. The third-order valence-corrected chi connectivity index (χ3v) is 9.30. The average molecular weight is 337 g/mol. The highest BCUT2D eigenvalue weighted by molar-refractivity contribution is 6.74. The Morgan fingerprint density at radius 3 is 2.15 bits per heavy atom. The van der Waals surface area contributed by atoms with Crippen LogP contribution in [0.2, 0.25) is 18.1 Å². The van der Waals surface area contributed by atoms with E-state index in [1.165, 1.54) is 0 Å². The number of halogens is 2. The molecule has 0 amide bonds. The van der Waals surface area contributed by atoms with Gasteiger partial charge in [-0.1, -0.05) is 32.9 Å². The lowest BCUT2D eigenvalue weighted by atomic mass is 9.83. The fourth-order valence-corrected chi connectivity index (χ4v) is 3.77. The summed E-state index contributed by atoms with van der Waals surface area (Å²) in [5, 5.41) is -1.08. The van der Waals surface area contributed by atoms with Crippen LogP contribution in [0.25, 0.3) is 0 Å². The molecule has 114 valence electrons. The van der Waals surface area contributed by atoms with Gasteiger partial charge in [-0.05, 0) is 47.8 Å². The molecule has 0 heterocycles. The number of carbonyl (C=O) groups excluding carboxylic acids is 2. The number of allylic oxidation sites excluding steroid dienone is 1. The smallest absolute Gasteiger partial charge is 0.228 e. The van der Waals surface area contributed by atoms with Crippen molar-refractivity contribution in [2.24, 2.45) is 11.8 Å². The van der Waals surface area contributed by atoms with Gasteiger partial charge in [-0.2, -0.15) is 0 Å². The van der Waals surface area contributed by atoms with E-state index in [9.17, 15) is 9.59 Å². The van der Waals surface area contributed by atoms with Crippen LogP contribution in [0.1, 0.15) is 27.2 Å². The predicted octanol–water partition coefficient (Wildman–Crippen LogP) is 4.10. The van der Waals surface area contributed by atoms with E-state index in [-0.39, 0.29) is 5.04 Å². The van der Waals surface area contributed by atoms with Gasteiger partial charge in [0.05, 0.1) is 17.9 Å². The highest BCUT2D eigenvalue weighted by Gasteiger charge is 2.45. The molecule has 0 bridgehead atoms. The molecule has 0 aromatic heterocycles. The standard InChI is InChI=1S/C14H22Cl2O3Si/c1-14(2,3)20(4,5)19-10-8-6-7-9(12(15)17)11(10)13(16)18/h6,8-11H,7H2,1-5H3/t9-,10?,11+/m0/s1. The largest absolute Gasteiger partial charge is 0.410 e. The van der Waals surface area contributed by atoms with Crippen LogP contribution in [0.4, 0.5) is 0 Å². The molecule has 1 aliphatic carbocycles. The minimum atomic E-state index is -2.06. The predicted molar refractivity (Wildman–Crippen MR) is 84.5 cm³/mol. The van der Waals surface area contributed by atoms with Gasteiger partial charge in [0.1, 0.15) is 0 Å². The SMILES string of the molecule is CC(C)(C)[Si](C)(C)OC1C=CC[C@H](C(=O)Cl)[C@H]1C(=O)Cl. The fraction of sp³-hybridized carbons (Fsp3) is 0.714. The lowest BCUT2D eigenvalue weighted by molar-refractivity contribution is -0.126. The van der Waals surface area contributed by atoms with Crippen molar-refractivity contribution in [3.05, 3.63) is 12.2 Å². The molecule has 0 saturated heterocycles. The number of hydrogen-bond donors (Lipinski definition) is 0. The van der Waals surface area contributed by atoms with Crippen LogP contribution in [-0.2, 0) is 14.0 Å². The van der Waals surface area contributed by atoms with Gasteiger partial charge >= 0.3 is 0 Å². The molecule has 0 aromatic carbocycles. The van der Waals surface area contributed by atoms with Crippen LogP contribution < -0.4 is 0 Å². The second kappa shape index (κ2) is 6.30. The first kappa shape index (κ1) is 17.9. The van der Waals surface area contributed by atoms with E-state index in [2.05, 4.69) is 33.9 Å². The summed E-state index contributed by atoms with van der Waals surface area (Å²) in [7, 11) is -2.06. The highest BCUT2D eigenvalue weighted by atomic mass is 35.5. The molecule has 3 nitrogen and oxygen atoms in total. The van der Waals surface area contributed by atoms with Crippen molar-refractivity contribution in [3.63, 3.8) is 0 Å². The van der Waals surface area contributed by atoms with E-state index < -0.39 is 36.7 Å². The summed E-state index contributed by atoms with van der Waals surface area (Å²) in [4.78, 5) is 23.2. The van der Waals surface area contributed by atoms with Crippen LogP contribution in [0, 0.1) is 11.8 Å². The summed E-state index contributed by atoms with van der Waals surface area (Å²) < 4.78 is 6.23. The third kappa shape index (κ3) is 3.94. The van der Waals surface area contributed by atoms with E-state index in [1.807, 2.05) is 12.2 Å². The first-order valence-corrected chi connectivity index (χ1v) is 10.4. The normalized spacial score (nSPS) is 27.4. The molecule has 1 rings (SSSR count). The first-order valence-electron chi connectivity index (χ1n) is 6.70. The zero-order valence-corrected chi connectivity index (χ0v) is 15.1. The molecule has 1 unspecified atom stereocenters. The van der Waals surface area contributed by atoms with Gasteiger partial charge in [-0.15, -0.1) is 0 Å². The van der Waals surface area contributed by atoms with Crippen molar-refractivity contribution in [1.82, 2.24) is 0 Å². The monoisotopic (exact) mass is 336 g/mol. The molecule has 0 radical (unpaired) electrons. The second-order valence-electron chi connectivity index (χ2n) is 6.75. The molecule has 0 saturated carbocycles. The van der Waals surface area contributed by atoms with Crippen LogP contribution in [0.3, 0.4) is 0 Å². The van der Waals surface area contributed by atoms with Crippen LogP contribution in [-0.4, -0.2) is 24.9 Å². The Kier molecular flexibility index (Phi) is 5.64. The Morgan fingerprint density at radius 2 is 1.75 bits per heavy atom.